The number of hydrogen-bond donors (Lipinski definition) is 1. The third-order valence-corrected chi connectivity index (χ3v) is 8.05. The molecule has 1 aliphatic heterocycles. The van der Waals surface area contributed by atoms with Crippen molar-refractivity contribution >= 4 is 37.3 Å². The molecule has 0 radical (unpaired) electrons. The average Bonchev–Trinajstić information content (AvgIpc) is 3.01. The molecule has 1 fully saturated rings. The number of fused-ring (bicyclic) bond motifs is 1. The summed E-state index contributed by atoms with van der Waals surface area (Å²) in [4.78, 5) is 12.1. The number of nitrogens with zero attached hydrogens (tertiary/aromatic N) is 2. The quantitative estimate of drug-likeness (QED) is 0.669. The summed E-state index contributed by atoms with van der Waals surface area (Å²) in [7, 11) is -1.77. The fourth-order valence-electron chi connectivity index (χ4n) is 3.37. The van der Waals surface area contributed by atoms with Gasteiger partial charge in [0.1, 0.15) is 0 Å². The Bertz CT molecular complexity index is 1210. The van der Waals surface area contributed by atoms with Gasteiger partial charge in [0.25, 0.3) is 0 Å². The summed E-state index contributed by atoms with van der Waals surface area (Å²) in [6, 6.07) is 11.1. The van der Waals surface area contributed by atoms with Gasteiger partial charge in [0, 0.05) is 32.4 Å². The Morgan fingerprint density at radius 2 is 1.90 bits per heavy atom. The third kappa shape index (κ3) is 3.95. The monoisotopic (exact) mass is 433 g/mol. The highest BCUT2D eigenvalue weighted by molar-refractivity contribution is 7.89. The van der Waals surface area contributed by atoms with Crippen molar-refractivity contribution in [1.82, 2.24) is 8.87 Å². The molecule has 0 bridgehead atoms. The largest absolute Gasteiger partial charge is 0.381 e. The Morgan fingerprint density at radius 3 is 2.66 bits per heavy atom. The average molecular weight is 434 g/mol. The zero-order valence-electron chi connectivity index (χ0n) is 16.3. The van der Waals surface area contributed by atoms with E-state index < -0.39 is 10.0 Å². The van der Waals surface area contributed by atoms with E-state index in [9.17, 15) is 13.2 Å². The summed E-state index contributed by atoms with van der Waals surface area (Å²) in [5.74, 6) is 0. The van der Waals surface area contributed by atoms with Crippen LogP contribution >= 0.6 is 11.3 Å². The highest BCUT2D eigenvalue weighted by Crippen LogP contribution is 2.25. The molecule has 0 spiro atoms. The molecule has 7 nitrogen and oxygen atoms in total. The molecule has 1 aromatic heterocycles. The fourth-order valence-corrected chi connectivity index (χ4v) is 5.75. The molecule has 154 valence electrons. The maximum Gasteiger partial charge on any atom is 0.307 e. The lowest BCUT2D eigenvalue weighted by Crippen LogP contribution is -2.40. The fraction of sp³-hybridized carbons (Fsp3) is 0.350. The van der Waals surface area contributed by atoms with Gasteiger partial charge in [-0.2, -0.15) is 4.31 Å². The van der Waals surface area contributed by atoms with Gasteiger partial charge in [-0.1, -0.05) is 23.5 Å². The molecule has 3 aromatic rings. The SMILES string of the molecule is Cc1ccc(S(=O)(=O)N2CCOCC2)cc1NCc1ccc2c(c1)sc(=O)n2C. The van der Waals surface area contributed by atoms with Crippen molar-refractivity contribution in [2.45, 2.75) is 18.4 Å². The van der Waals surface area contributed by atoms with E-state index in [1.807, 2.05) is 31.2 Å². The van der Waals surface area contributed by atoms with Crippen LogP contribution in [0, 0.1) is 6.92 Å². The number of rotatable bonds is 5. The van der Waals surface area contributed by atoms with E-state index in [2.05, 4.69) is 5.32 Å². The summed E-state index contributed by atoms with van der Waals surface area (Å²) >= 11 is 1.22. The van der Waals surface area contributed by atoms with Gasteiger partial charge >= 0.3 is 4.87 Å². The maximum absolute atomic E-state index is 12.9. The van der Waals surface area contributed by atoms with E-state index in [1.54, 1.807) is 23.7 Å². The van der Waals surface area contributed by atoms with E-state index in [0.717, 1.165) is 27.0 Å². The Hall–Kier alpha value is -2.20. The number of thiazole rings is 1. The van der Waals surface area contributed by atoms with E-state index >= 15 is 0 Å². The molecular formula is C20H23N3O4S2. The van der Waals surface area contributed by atoms with Crippen LogP contribution in [0.15, 0.2) is 46.1 Å². The Labute approximate surface area is 173 Å². The zero-order valence-corrected chi connectivity index (χ0v) is 18.0. The molecule has 0 atom stereocenters. The predicted octanol–water partition coefficient (Wildman–Crippen LogP) is 2.54. The summed E-state index contributed by atoms with van der Waals surface area (Å²) < 4.78 is 35.1. The lowest BCUT2D eigenvalue weighted by molar-refractivity contribution is 0.0730. The lowest BCUT2D eigenvalue weighted by Gasteiger charge is -2.26. The van der Waals surface area contributed by atoms with Crippen molar-refractivity contribution in [2.24, 2.45) is 7.05 Å². The minimum Gasteiger partial charge on any atom is -0.381 e. The molecule has 1 N–H and O–H groups in total. The predicted molar refractivity (Wildman–Crippen MR) is 115 cm³/mol. The third-order valence-electron chi connectivity index (χ3n) is 5.16. The van der Waals surface area contributed by atoms with Crippen molar-refractivity contribution < 1.29 is 13.2 Å². The first-order valence-electron chi connectivity index (χ1n) is 9.37. The lowest BCUT2D eigenvalue weighted by atomic mass is 10.1. The van der Waals surface area contributed by atoms with E-state index in [1.165, 1.54) is 15.6 Å². The van der Waals surface area contributed by atoms with Crippen molar-refractivity contribution in [3.63, 3.8) is 0 Å². The summed E-state index contributed by atoms with van der Waals surface area (Å²) in [6.07, 6.45) is 0. The number of sulfonamides is 1. The summed E-state index contributed by atoms with van der Waals surface area (Å²) in [6.45, 7) is 4.07. The Kier molecular flexibility index (Phi) is 5.48. The van der Waals surface area contributed by atoms with Crippen molar-refractivity contribution in [1.29, 1.82) is 0 Å². The van der Waals surface area contributed by atoms with Crippen LogP contribution in [0.4, 0.5) is 5.69 Å². The smallest absolute Gasteiger partial charge is 0.307 e. The Morgan fingerprint density at radius 1 is 1.14 bits per heavy atom. The molecule has 0 amide bonds. The van der Waals surface area contributed by atoms with E-state index in [0.29, 0.717) is 32.8 Å². The normalized spacial score (nSPS) is 15.7. The molecule has 9 heteroatoms. The molecule has 0 unspecified atom stereocenters. The van der Waals surface area contributed by atoms with Gasteiger partial charge in [-0.3, -0.25) is 4.79 Å². The second-order valence-electron chi connectivity index (χ2n) is 7.08. The van der Waals surface area contributed by atoms with Crippen molar-refractivity contribution in [3.8, 4) is 0 Å². The number of anilines is 1. The molecule has 0 aliphatic carbocycles. The second-order valence-corrected chi connectivity index (χ2v) is 10.0. The standard InChI is InChI=1S/C20H23N3O4S2/c1-14-3-5-16(29(25,26)23-7-9-27-10-8-23)12-17(14)21-13-15-4-6-18-19(11-15)28-20(24)22(18)2/h3-6,11-12,21H,7-10,13H2,1-2H3. The van der Waals surface area contributed by atoms with Gasteiger partial charge in [0.05, 0.1) is 28.3 Å². The van der Waals surface area contributed by atoms with E-state index in [-0.39, 0.29) is 9.77 Å². The second kappa shape index (κ2) is 7.91. The minimum absolute atomic E-state index is 0.0157. The van der Waals surface area contributed by atoms with Crippen LogP contribution in [0.2, 0.25) is 0 Å². The van der Waals surface area contributed by atoms with Gasteiger partial charge in [-0.05, 0) is 42.3 Å². The highest BCUT2D eigenvalue weighted by atomic mass is 32.2. The number of hydrogen-bond acceptors (Lipinski definition) is 6. The number of ether oxygens (including phenoxy) is 1. The summed E-state index contributed by atoms with van der Waals surface area (Å²) in [5.41, 5.74) is 3.69. The molecular weight excluding hydrogens is 410 g/mol. The molecule has 2 aromatic carbocycles. The minimum atomic E-state index is -3.54. The molecule has 1 saturated heterocycles. The van der Waals surface area contributed by atoms with Crippen LogP contribution < -0.4 is 10.2 Å². The first-order chi connectivity index (χ1) is 13.9. The van der Waals surface area contributed by atoms with Gasteiger partial charge < -0.3 is 14.6 Å². The zero-order chi connectivity index (χ0) is 20.6. The van der Waals surface area contributed by atoms with Crippen LogP contribution in [0.1, 0.15) is 11.1 Å². The van der Waals surface area contributed by atoms with Gasteiger partial charge in [0.2, 0.25) is 10.0 Å². The first-order valence-corrected chi connectivity index (χ1v) is 11.6. The van der Waals surface area contributed by atoms with Crippen LogP contribution in [0.3, 0.4) is 0 Å². The molecule has 1 aliphatic rings. The Balaban J connectivity index is 1.56. The van der Waals surface area contributed by atoms with Gasteiger partial charge in [0.15, 0.2) is 0 Å². The number of aromatic nitrogens is 1. The molecule has 4 rings (SSSR count). The van der Waals surface area contributed by atoms with Crippen LogP contribution in [-0.2, 0) is 28.4 Å². The topological polar surface area (TPSA) is 80.6 Å². The van der Waals surface area contributed by atoms with E-state index in [4.69, 9.17) is 4.74 Å². The molecule has 2 heterocycles. The maximum atomic E-state index is 12.9. The number of morpholine rings is 1. The van der Waals surface area contributed by atoms with Crippen LogP contribution in [0.5, 0.6) is 0 Å². The molecule has 29 heavy (non-hydrogen) atoms. The van der Waals surface area contributed by atoms with Crippen molar-refractivity contribution in [3.05, 3.63) is 57.2 Å². The number of benzene rings is 2. The highest BCUT2D eigenvalue weighted by Gasteiger charge is 2.26. The van der Waals surface area contributed by atoms with Gasteiger partial charge in [-0.15, -0.1) is 0 Å². The summed E-state index contributed by atoms with van der Waals surface area (Å²) in [5, 5.41) is 3.34. The van der Waals surface area contributed by atoms with Crippen molar-refractivity contribution in [2.75, 3.05) is 31.6 Å². The van der Waals surface area contributed by atoms with Crippen LogP contribution in [-0.4, -0.2) is 43.6 Å². The first kappa shape index (κ1) is 20.1. The number of nitrogens with one attached hydrogen (secondary N) is 1. The van der Waals surface area contributed by atoms with Crippen LogP contribution in [0.25, 0.3) is 10.2 Å². The number of aryl methyl sites for hydroxylation is 2. The van der Waals surface area contributed by atoms with Gasteiger partial charge in [-0.25, -0.2) is 8.42 Å². The molecule has 0 saturated carbocycles.